The Hall–Kier alpha value is -1.56. The number of anilines is 1. The largest absolute Gasteiger partial charge is 0.316 e. The van der Waals surface area contributed by atoms with E-state index in [1.807, 2.05) is 13.8 Å². The van der Waals surface area contributed by atoms with E-state index in [1.54, 1.807) is 0 Å². The van der Waals surface area contributed by atoms with Gasteiger partial charge in [0.15, 0.2) is 0 Å². The first kappa shape index (κ1) is 13.9. The molecule has 0 saturated carbocycles. The van der Waals surface area contributed by atoms with Crippen LogP contribution in [-0.4, -0.2) is 34.2 Å². The molecule has 2 N–H and O–H groups in total. The molecule has 0 aliphatic carbocycles. The number of nitrogens with zero attached hydrogens (tertiary/aromatic N) is 3. The minimum Gasteiger partial charge on any atom is -0.316 e. The van der Waals surface area contributed by atoms with Crippen molar-refractivity contribution >= 4 is 11.9 Å². The Labute approximate surface area is 113 Å². The number of amides is 1. The van der Waals surface area contributed by atoms with Gasteiger partial charge in [-0.05, 0) is 25.3 Å². The van der Waals surface area contributed by atoms with Crippen LogP contribution in [-0.2, 0) is 17.6 Å². The minimum atomic E-state index is -0.0226. The number of hydrogen-bond donors (Lipinski definition) is 2. The molecule has 2 heterocycles. The average Bonchev–Trinajstić information content (AvgIpc) is 2.85. The molecule has 1 amide bonds. The number of rotatable bonds is 4. The number of nitrogens with one attached hydrogen (secondary N) is 2. The quantitative estimate of drug-likeness (QED) is 0.839. The first-order chi connectivity index (χ1) is 9.15. The summed E-state index contributed by atoms with van der Waals surface area (Å²) in [5.74, 6) is 0.622. The van der Waals surface area contributed by atoms with E-state index in [0.717, 1.165) is 30.8 Å². The van der Waals surface area contributed by atoms with Crippen molar-refractivity contribution in [2.75, 3.05) is 18.4 Å². The third-order valence-electron chi connectivity index (χ3n) is 3.60. The number of aryl methyl sites for hydroxylation is 2. The van der Waals surface area contributed by atoms with Gasteiger partial charge in [0.2, 0.25) is 11.9 Å². The zero-order chi connectivity index (χ0) is 13.8. The number of aromatic nitrogens is 3. The highest BCUT2D eigenvalue weighted by Gasteiger charge is 2.30. The zero-order valence-electron chi connectivity index (χ0n) is 11.7. The van der Waals surface area contributed by atoms with Gasteiger partial charge in [-0.3, -0.25) is 10.1 Å². The molecular formula is C13H21N5O. The van der Waals surface area contributed by atoms with Gasteiger partial charge in [-0.25, -0.2) is 4.98 Å². The summed E-state index contributed by atoms with van der Waals surface area (Å²) in [7, 11) is 0. The third kappa shape index (κ3) is 3.07. The highest BCUT2D eigenvalue weighted by Crippen LogP contribution is 2.17. The van der Waals surface area contributed by atoms with Gasteiger partial charge in [0.1, 0.15) is 0 Å². The molecule has 0 bridgehead atoms. The summed E-state index contributed by atoms with van der Waals surface area (Å²) in [4.78, 5) is 16.5. The Kier molecular flexibility index (Phi) is 4.42. The van der Waals surface area contributed by atoms with Crippen LogP contribution in [0, 0.1) is 11.8 Å². The molecule has 1 aromatic rings. The van der Waals surface area contributed by atoms with E-state index in [-0.39, 0.29) is 11.8 Å². The Balaban J connectivity index is 2.08. The van der Waals surface area contributed by atoms with Crippen molar-refractivity contribution in [3.05, 3.63) is 11.4 Å². The normalized spacial score (nSPS) is 22.5. The second kappa shape index (κ2) is 6.06. The summed E-state index contributed by atoms with van der Waals surface area (Å²) in [6, 6.07) is 0. The van der Waals surface area contributed by atoms with Crippen molar-refractivity contribution in [3.63, 3.8) is 0 Å². The smallest absolute Gasteiger partial charge is 0.249 e. The van der Waals surface area contributed by atoms with Crippen molar-refractivity contribution in [3.8, 4) is 0 Å². The molecule has 104 valence electrons. The summed E-state index contributed by atoms with van der Waals surface area (Å²) in [5, 5.41) is 14.1. The van der Waals surface area contributed by atoms with Crippen LogP contribution in [0.15, 0.2) is 0 Å². The van der Waals surface area contributed by atoms with Crippen molar-refractivity contribution < 1.29 is 4.79 Å². The van der Waals surface area contributed by atoms with Crippen molar-refractivity contribution in [2.45, 2.75) is 33.6 Å². The van der Waals surface area contributed by atoms with Gasteiger partial charge in [0.25, 0.3) is 0 Å². The average molecular weight is 263 g/mol. The van der Waals surface area contributed by atoms with Gasteiger partial charge >= 0.3 is 0 Å². The van der Waals surface area contributed by atoms with E-state index in [4.69, 9.17) is 0 Å². The van der Waals surface area contributed by atoms with Crippen molar-refractivity contribution in [1.82, 2.24) is 20.5 Å². The standard InChI is InChI=1S/C13H21N5O/c1-4-10-11(5-2)17-18-13(15-10)16-12(19)9-7-14-6-8(9)3/h8-9,14H,4-7H2,1-3H3,(H,15,16,18,19). The third-order valence-corrected chi connectivity index (χ3v) is 3.60. The van der Waals surface area contributed by atoms with Gasteiger partial charge in [-0.1, -0.05) is 20.8 Å². The van der Waals surface area contributed by atoms with Crippen LogP contribution in [0.3, 0.4) is 0 Å². The molecule has 2 unspecified atom stereocenters. The van der Waals surface area contributed by atoms with Crippen LogP contribution >= 0.6 is 0 Å². The number of carbonyl (C=O) groups is 1. The summed E-state index contributed by atoms with van der Waals surface area (Å²) < 4.78 is 0. The van der Waals surface area contributed by atoms with E-state index >= 15 is 0 Å². The zero-order valence-corrected chi connectivity index (χ0v) is 11.7. The summed E-state index contributed by atoms with van der Waals surface area (Å²) in [6.07, 6.45) is 1.60. The highest BCUT2D eigenvalue weighted by molar-refractivity contribution is 5.91. The molecule has 1 fully saturated rings. The Morgan fingerprint density at radius 1 is 1.26 bits per heavy atom. The van der Waals surface area contributed by atoms with E-state index < -0.39 is 0 Å². The number of hydrogen-bond acceptors (Lipinski definition) is 5. The van der Waals surface area contributed by atoms with Gasteiger partial charge < -0.3 is 5.32 Å². The Morgan fingerprint density at radius 2 is 2.00 bits per heavy atom. The van der Waals surface area contributed by atoms with Gasteiger partial charge in [0.05, 0.1) is 17.3 Å². The predicted octanol–water partition coefficient (Wildman–Crippen LogP) is 0.790. The lowest BCUT2D eigenvalue weighted by Crippen LogP contribution is -2.29. The first-order valence-electron chi connectivity index (χ1n) is 6.89. The predicted molar refractivity (Wildman–Crippen MR) is 72.7 cm³/mol. The van der Waals surface area contributed by atoms with Gasteiger partial charge in [0, 0.05) is 6.54 Å². The molecule has 0 spiro atoms. The van der Waals surface area contributed by atoms with E-state index in [2.05, 4.69) is 32.7 Å². The van der Waals surface area contributed by atoms with Crippen LogP contribution in [0.4, 0.5) is 5.95 Å². The second-order valence-corrected chi connectivity index (χ2v) is 4.97. The van der Waals surface area contributed by atoms with Crippen molar-refractivity contribution in [2.24, 2.45) is 11.8 Å². The Morgan fingerprint density at radius 3 is 2.58 bits per heavy atom. The maximum atomic E-state index is 12.1. The van der Waals surface area contributed by atoms with Gasteiger partial charge in [-0.2, -0.15) is 0 Å². The molecule has 6 heteroatoms. The molecule has 2 atom stereocenters. The molecule has 1 aliphatic heterocycles. The monoisotopic (exact) mass is 263 g/mol. The van der Waals surface area contributed by atoms with E-state index in [1.165, 1.54) is 0 Å². The Bertz CT molecular complexity index is 462. The first-order valence-corrected chi connectivity index (χ1v) is 6.89. The highest BCUT2D eigenvalue weighted by atomic mass is 16.2. The van der Waals surface area contributed by atoms with Crippen LogP contribution < -0.4 is 10.6 Å². The fourth-order valence-electron chi connectivity index (χ4n) is 2.35. The van der Waals surface area contributed by atoms with Crippen molar-refractivity contribution in [1.29, 1.82) is 0 Å². The van der Waals surface area contributed by atoms with Crippen LogP contribution in [0.2, 0.25) is 0 Å². The topological polar surface area (TPSA) is 79.8 Å². The second-order valence-electron chi connectivity index (χ2n) is 4.97. The molecule has 1 aromatic heterocycles. The summed E-state index contributed by atoms with van der Waals surface area (Å²) in [6.45, 7) is 7.72. The molecule has 1 aliphatic rings. The lowest BCUT2D eigenvalue weighted by Gasteiger charge is -2.13. The summed E-state index contributed by atoms with van der Waals surface area (Å²) >= 11 is 0. The van der Waals surface area contributed by atoms with Gasteiger partial charge in [-0.15, -0.1) is 10.2 Å². The van der Waals surface area contributed by atoms with Crippen LogP contribution in [0.25, 0.3) is 0 Å². The van der Waals surface area contributed by atoms with Crippen LogP contribution in [0.5, 0.6) is 0 Å². The maximum Gasteiger partial charge on any atom is 0.249 e. The van der Waals surface area contributed by atoms with E-state index in [0.29, 0.717) is 18.4 Å². The maximum absolute atomic E-state index is 12.1. The van der Waals surface area contributed by atoms with Crippen LogP contribution in [0.1, 0.15) is 32.2 Å². The lowest BCUT2D eigenvalue weighted by atomic mass is 9.97. The SMILES string of the molecule is CCc1nnc(NC(=O)C2CNCC2C)nc1CC. The fourth-order valence-corrected chi connectivity index (χ4v) is 2.35. The molecular weight excluding hydrogens is 242 g/mol. The molecule has 0 radical (unpaired) electrons. The number of carbonyl (C=O) groups excluding carboxylic acids is 1. The molecule has 2 rings (SSSR count). The lowest BCUT2D eigenvalue weighted by molar-refractivity contribution is -0.120. The minimum absolute atomic E-state index is 0.0143. The fraction of sp³-hybridized carbons (Fsp3) is 0.692. The molecule has 0 aromatic carbocycles. The summed E-state index contributed by atoms with van der Waals surface area (Å²) in [5.41, 5.74) is 1.81. The molecule has 6 nitrogen and oxygen atoms in total. The van der Waals surface area contributed by atoms with E-state index in [9.17, 15) is 4.79 Å². The molecule has 19 heavy (non-hydrogen) atoms. The molecule has 1 saturated heterocycles.